The van der Waals surface area contributed by atoms with E-state index in [1.807, 2.05) is 24.5 Å². The fourth-order valence-corrected chi connectivity index (χ4v) is 7.74. The third kappa shape index (κ3) is 7.83. The molecule has 0 aliphatic heterocycles. The molecule has 10 heteroatoms. The van der Waals surface area contributed by atoms with Gasteiger partial charge in [-0.15, -0.1) is 0 Å². The standard InChI is InChI=1S/C23H28N4O.C22H26N4O/c1-15-17-9-12-26-23(25-11-6-4-3-5-10-24)20(17)14-19-18-13-16(28-2)7-8-21(18)27-22(15)19;1-14-16-8-11-25-22(24-10-5-3-4-9-23)19(16)13-18-17-12-15(27-2)6-7-20(17)26-21(14)18/h7-9,12-14,27H,3-6,10-11,24H2,1-2H3,(H,25,26);6-8,11-13,26H,3-5,9-10,23H2,1-2H3,(H,24,25). The lowest BCUT2D eigenvalue weighted by atomic mass is 10.0. The first-order chi connectivity index (χ1) is 26.9. The van der Waals surface area contributed by atoms with E-state index in [1.165, 1.54) is 67.3 Å². The lowest BCUT2D eigenvalue weighted by Crippen LogP contribution is -2.05. The Labute approximate surface area is 322 Å². The average Bonchev–Trinajstić information content (AvgIpc) is 3.78. The van der Waals surface area contributed by atoms with Gasteiger partial charge in [-0.25, -0.2) is 9.97 Å². The van der Waals surface area contributed by atoms with Gasteiger partial charge in [-0.3, -0.25) is 0 Å². The van der Waals surface area contributed by atoms with Crippen LogP contribution in [0.2, 0.25) is 0 Å². The van der Waals surface area contributed by atoms with Gasteiger partial charge in [-0.2, -0.15) is 0 Å². The summed E-state index contributed by atoms with van der Waals surface area (Å²) in [6.45, 7) is 7.72. The second-order valence-corrected chi connectivity index (χ2v) is 14.3. The first kappa shape index (κ1) is 37.7. The Morgan fingerprint density at radius 3 is 1.38 bits per heavy atom. The Hall–Kier alpha value is -5.58. The number of ether oxygens (including phenoxy) is 2. The van der Waals surface area contributed by atoms with Crippen molar-refractivity contribution in [2.45, 2.75) is 58.8 Å². The van der Waals surface area contributed by atoms with Gasteiger partial charge in [0.1, 0.15) is 23.1 Å². The Morgan fingerprint density at radius 2 is 0.945 bits per heavy atom. The minimum absolute atomic E-state index is 0.758. The lowest BCUT2D eigenvalue weighted by molar-refractivity contribution is 0.415. The second-order valence-electron chi connectivity index (χ2n) is 14.3. The molecule has 0 fully saturated rings. The van der Waals surface area contributed by atoms with Gasteiger partial charge in [-0.05, 0) is 135 Å². The molecule has 0 amide bonds. The molecule has 10 nitrogen and oxygen atoms in total. The molecule has 8 rings (SSSR count). The van der Waals surface area contributed by atoms with Gasteiger partial charge in [0, 0.05) is 68.8 Å². The molecule has 55 heavy (non-hydrogen) atoms. The van der Waals surface area contributed by atoms with Crippen LogP contribution in [0, 0.1) is 13.8 Å². The van der Waals surface area contributed by atoms with Crippen molar-refractivity contribution in [1.29, 1.82) is 0 Å². The number of H-pyrrole nitrogens is 2. The smallest absolute Gasteiger partial charge is 0.133 e. The normalized spacial score (nSPS) is 11.5. The number of aryl methyl sites for hydroxylation is 2. The van der Waals surface area contributed by atoms with Crippen LogP contribution in [-0.4, -0.2) is 60.3 Å². The zero-order chi connectivity index (χ0) is 38.3. The molecule has 8 aromatic rings. The SMILES string of the molecule is COc1ccc2[nH]c3c(C)c4ccnc(NCCCCCCN)c4cc3c2c1.COc1ccc2[nH]c3c(C)c4ccnc(NCCCCCN)c4cc3c2c1. The topological polar surface area (TPSA) is 152 Å². The molecule has 4 aromatic carbocycles. The molecule has 8 N–H and O–H groups in total. The summed E-state index contributed by atoms with van der Waals surface area (Å²) < 4.78 is 10.8. The molecule has 0 bridgehead atoms. The van der Waals surface area contributed by atoms with Gasteiger partial charge < -0.3 is 41.5 Å². The van der Waals surface area contributed by atoms with E-state index in [2.05, 4.69) is 92.9 Å². The van der Waals surface area contributed by atoms with Crippen molar-refractivity contribution in [1.82, 2.24) is 19.9 Å². The number of nitrogens with one attached hydrogen (secondary N) is 4. The predicted octanol–water partition coefficient (Wildman–Crippen LogP) is 9.84. The van der Waals surface area contributed by atoms with Crippen molar-refractivity contribution < 1.29 is 9.47 Å². The summed E-state index contributed by atoms with van der Waals surface area (Å²) in [5.41, 5.74) is 18.2. The molecule has 0 atom stereocenters. The van der Waals surface area contributed by atoms with Crippen LogP contribution in [0.3, 0.4) is 0 Å². The maximum absolute atomic E-state index is 5.58. The number of benzene rings is 4. The highest BCUT2D eigenvalue weighted by Crippen LogP contribution is 2.38. The molecule has 0 radical (unpaired) electrons. The number of hydrogen-bond donors (Lipinski definition) is 6. The molecule has 4 heterocycles. The number of methoxy groups -OCH3 is 2. The van der Waals surface area contributed by atoms with E-state index in [4.69, 9.17) is 20.9 Å². The fourth-order valence-electron chi connectivity index (χ4n) is 7.74. The number of nitrogens with two attached hydrogens (primary N) is 2. The summed E-state index contributed by atoms with van der Waals surface area (Å²) in [7, 11) is 3.41. The minimum atomic E-state index is 0.758. The third-order valence-electron chi connectivity index (χ3n) is 10.8. The summed E-state index contributed by atoms with van der Waals surface area (Å²) in [5.74, 6) is 3.64. The van der Waals surface area contributed by atoms with Crippen LogP contribution in [0.15, 0.2) is 73.1 Å². The number of aromatic nitrogens is 4. The zero-order valence-electron chi connectivity index (χ0n) is 32.6. The Morgan fingerprint density at radius 1 is 0.509 bits per heavy atom. The first-order valence-corrected chi connectivity index (χ1v) is 19.6. The van der Waals surface area contributed by atoms with Crippen LogP contribution < -0.4 is 31.6 Å². The van der Waals surface area contributed by atoms with E-state index in [9.17, 15) is 0 Å². The number of anilines is 2. The van der Waals surface area contributed by atoms with Crippen LogP contribution >= 0.6 is 0 Å². The molecular weight excluding hydrogens is 685 g/mol. The highest BCUT2D eigenvalue weighted by Gasteiger charge is 2.15. The van der Waals surface area contributed by atoms with Crippen LogP contribution in [0.25, 0.3) is 65.2 Å². The predicted molar refractivity (Wildman–Crippen MR) is 232 cm³/mol. The highest BCUT2D eigenvalue weighted by molar-refractivity contribution is 6.16. The monoisotopic (exact) mass is 738 g/mol. The third-order valence-corrected chi connectivity index (χ3v) is 10.8. The van der Waals surface area contributed by atoms with E-state index in [1.54, 1.807) is 14.2 Å². The summed E-state index contributed by atoms with van der Waals surface area (Å²) in [6.07, 6.45) is 11.7. The van der Waals surface area contributed by atoms with Gasteiger partial charge in [-0.1, -0.05) is 19.3 Å². The summed E-state index contributed by atoms with van der Waals surface area (Å²) in [6, 6.07) is 21.0. The van der Waals surface area contributed by atoms with Crippen molar-refractivity contribution in [3.63, 3.8) is 0 Å². The quantitative estimate of drug-likeness (QED) is 0.0569. The number of aromatic amines is 2. The van der Waals surface area contributed by atoms with Crippen LogP contribution in [0.1, 0.15) is 56.1 Å². The van der Waals surface area contributed by atoms with Crippen molar-refractivity contribution in [2.75, 3.05) is 51.0 Å². The van der Waals surface area contributed by atoms with Crippen molar-refractivity contribution >= 4 is 76.8 Å². The molecule has 286 valence electrons. The highest BCUT2D eigenvalue weighted by atomic mass is 16.5. The number of fused-ring (bicyclic) bond motifs is 8. The van der Waals surface area contributed by atoms with Crippen molar-refractivity contribution in [3.05, 3.63) is 84.2 Å². The number of rotatable bonds is 15. The van der Waals surface area contributed by atoms with E-state index < -0.39 is 0 Å². The summed E-state index contributed by atoms with van der Waals surface area (Å²) >= 11 is 0. The van der Waals surface area contributed by atoms with Crippen LogP contribution in [0.5, 0.6) is 11.5 Å². The summed E-state index contributed by atoms with van der Waals surface area (Å²) in [5, 5.41) is 16.6. The Balaban J connectivity index is 0.000000169. The molecule has 0 saturated carbocycles. The number of hydrogen-bond acceptors (Lipinski definition) is 8. The van der Waals surface area contributed by atoms with Gasteiger partial charge in [0.15, 0.2) is 0 Å². The largest absolute Gasteiger partial charge is 0.497 e. The number of pyridine rings is 2. The molecule has 0 unspecified atom stereocenters. The van der Waals surface area contributed by atoms with E-state index in [0.29, 0.717) is 0 Å². The molecule has 4 aromatic heterocycles. The van der Waals surface area contributed by atoms with Crippen molar-refractivity contribution in [3.8, 4) is 11.5 Å². The molecular formula is C45H54N8O2. The minimum Gasteiger partial charge on any atom is -0.497 e. The maximum atomic E-state index is 5.58. The maximum Gasteiger partial charge on any atom is 0.133 e. The molecule has 0 spiro atoms. The van der Waals surface area contributed by atoms with Gasteiger partial charge in [0.05, 0.1) is 25.3 Å². The van der Waals surface area contributed by atoms with Crippen LogP contribution in [-0.2, 0) is 0 Å². The molecule has 0 aliphatic carbocycles. The van der Waals surface area contributed by atoms with Crippen LogP contribution in [0.4, 0.5) is 11.6 Å². The number of nitrogens with zero attached hydrogens (tertiary/aromatic N) is 2. The zero-order valence-corrected chi connectivity index (χ0v) is 32.6. The van der Waals surface area contributed by atoms with E-state index >= 15 is 0 Å². The fraction of sp³-hybridized carbons (Fsp3) is 0.333. The average molecular weight is 739 g/mol. The number of unbranched alkanes of at least 4 members (excludes halogenated alkanes) is 5. The second kappa shape index (κ2) is 17.3. The lowest BCUT2D eigenvalue weighted by Gasteiger charge is -2.11. The summed E-state index contributed by atoms with van der Waals surface area (Å²) in [4.78, 5) is 16.4. The van der Waals surface area contributed by atoms with E-state index in [0.717, 1.165) is 103 Å². The van der Waals surface area contributed by atoms with Gasteiger partial charge >= 0.3 is 0 Å². The van der Waals surface area contributed by atoms with E-state index in [-0.39, 0.29) is 0 Å². The molecule has 0 saturated heterocycles. The Bertz CT molecular complexity index is 2570. The Kier molecular flexibility index (Phi) is 11.8. The molecule has 0 aliphatic rings. The van der Waals surface area contributed by atoms with Gasteiger partial charge in [0.25, 0.3) is 0 Å². The van der Waals surface area contributed by atoms with Gasteiger partial charge in [0.2, 0.25) is 0 Å². The first-order valence-electron chi connectivity index (χ1n) is 19.6. The van der Waals surface area contributed by atoms with Crippen molar-refractivity contribution in [2.24, 2.45) is 11.5 Å².